The minimum atomic E-state index is -0.199. The number of benzene rings is 2. The van der Waals surface area contributed by atoms with Crippen LogP contribution in [0.4, 0.5) is 5.69 Å². The molecule has 0 saturated heterocycles. The number of aromatic nitrogens is 1. The molecule has 0 atom stereocenters. The van der Waals surface area contributed by atoms with E-state index in [-0.39, 0.29) is 5.91 Å². The van der Waals surface area contributed by atoms with E-state index in [9.17, 15) is 4.79 Å². The van der Waals surface area contributed by atoms with Crippen molar-refractivity contribution in [3.05, 3.63) is 76.2 Å². The van der Waals surface area contributed by atoms with E-state index in [4.69, 9.17) is 4.74 Å². The Morgan fingerprint density at radius 1 is 1.12 bits per heavy atom. The average Bonchev–Trinajstić information content (AvgIpc) is 3.16. The zero-order chi connectivity index (χ0) is 16.8. The molecule has 24 heavy (non-hydrogen) atoms. The first-order valence-electron chi connectivity index (χ1n) is 7.38. The van der Waals surface area contributed by atoms with Crippen molar-refractivity contribution in [1.29, 1.82) is 0 Å². The molecule has 2 aromatic carbocycles. The minimum Gasteiger partial charge on any atom is -0.497 e. The van der Waals surface area contributed by atoms with E-state index >= 15 is 0 Å². The molecule has 120 valence electrons. The quantitative estimate of drug-likeness (QED) is 0.694. The number of rotatable bonds is 5. The van der Waals surface area contributed by atoms with Gasteiger partial charge in [-0.3, -0.25) is 4.79 Å². The molecule has 0 aliphatic rings. The van der Waals surface area contributed by atoms with Crippen LogP contribution in [-0.2, 0) is 0 Å². The van der Waals surface area contributed by atoms with Crippen LogP contribution in [0.3, 0.4) is 0 Å². The third-order valence-corrected chi connectivity index (χ3v) is 4.18. The maximum atomic E-state index is 12.2. The molecule has 0 aliphatic heterocycles. The Hall–Kier alpha value is -2.92. The first-order chi connectivity index (χ1) is 11.8. The van der Waals surface area contributed by atoms with Crippen molar-refractivity contribution in [3.63, 3.8) is 0 Å². The number of anilines is 1. The molecule has 0 radical (unpaired) electrons. The first kappa shape index (κ1) is 16.0. The van der Waals surface area contributed by atoms with Crippen LogP contribution < -0.4 is 10.1 Å². The molecule has 0 bridgehead atoms. The van der Waals surface area contributed by atoms with Gasteiger partial charge < -0.3 is 10.1 Å². The van der Waals surface area contributed by atoms with Crippen molar-refractivity contribution in [3.8, 4) is 5.75 Å². The number of methoxy groups -OCH3 is 1. The van der Waals surface area contributed by atoms with Crippen LogP contribution in [0.1, 0.15) is 20.9 Å². The summed E-state index contributed by atoms with van der Waals surface area (Å²) in [7, 11) is 1.65. The number of ether oxygens (including phenoxy) is 1. The van der Waals surface area contributed by atoms with Gasteiger partial charge in [-0.25, -0.2) is 4.98 Å². The average molecular weight is 336 g/mol. The normalized spacial score (nSPS) is 10.7. The second-order valence-corrected chi connectivity index (χ2v) is 5.88. The monoisotopic (exact) mass is 336 g/mol. The number of para-hydroxylation sites is 1. The summed E-state index contributed by atoms with van der Waals surface area (Å²) < 4.78 is 5.15. The van der Waals surface area contributed by atoms with Crippen LogP contribution >= 0.6 is 11.3 Å². The summed E-state index contributed by atoms with van der Waals surface area (Å²) in [6.45, 7) is 0. The summed E-state index contributed by atoms with van der Waals surface area (Å²) in [5, 5.41) is 5.14. The van der Waals surface area contributed by atoms with Crippen LogP contribution in [0, 0.1) is 0 Å². The summed E-state index contributed by atoms with van der Waals surface area (Å²) in [5.41, 5.74) is 2.73. The molecule has 3 rings (SSSR count). The van der Waals surface area contributed by atoms with Gasteiger partial charge in [-0.2, -0.15) is 0 Å². The lowest BCUT2D eigenvalue weighted by Gasteiger charge is -2.07. The largest absolute Gasteiger partial charge is 0.497 e. The van der Waals surface area contributed by atoms with Gasteiger partial charge in [-0.05, 0) is 29.3 Å². The lowest BCUT2D eigenvalue weighted by Crippen LogP contribution is -2.12. The van der Waals surface area contributed by atoms with Gasteiger partial charge in [0.25, 0.3) is 5.91 Å². The van der Waals surface area contributed by atoms with E-state index in [1.165, 1.54) is 11.3 Å². The van der Waals surface area contributed by atoms with Crippen LogP contribution in [0.25, 0.3) is 12.2 Å². The highest BCUT2D eigenvalue weighted by Gasteiger charge is 2.09. The van der Waals surface area contributed by atoms with Crippen molar-refractivity contribution in [2.45, 2.75) is 0 Å². The van der Waals surface area contributed by atoms with Crippen molar-refractivity contribution in [2.75, 3.05) is 12.4 Å². The van der Waals surface area contributed by atoms with Gasteiger partial charge in [0.15, 0.2) is 5.01 Å². The highest BCUT2D eigenvalue weighted by molar-refractivity contribution is 7.11. The lowest BCUT2D eigenvalue weighted by atomic mass is 10.1. The Balaban J connectivity index is 1.78. The van der Waals surface area contributed by atoms with E-state index < -0.39 is 0 Å². The summed E-state index contributed by atoms with van der Waals surface area (Å²) in [6.07, 6.45) is 5.59. The summed E-state index contributed by atoms with van der Waals surface area (Å²) in [5.74, 6) is 0.624. The molecular formula is C19H16N2O2S. The molecule has 5 heteroatoms. The number of thiazole rings is 1. The fourth-order valence-electron chi connectivity index (χ4n) is 2.17. The molecule has 0 unspecified atom stereocenters. The Bertz CT molecular complexity index is 840. The van der Waals surface area contributed by atoms with Gasteiger partial charge in [0.05, 0.1) is 7.11 Å². The van der Waals surface area contributed by atoms with Gasteiger partial charge >= 0.3 is 0 Å². The SMILES string of the molecule is COc1ccc(/C=C/c2ccccc2NC(=O)c2nccs2)cc1. The molecular weight excluding hydrogens is 320 g/mol. The molecule has 0 aliphatic carbocycles. The predicted molar refractivity (Wildman–Crippen MR) is 98.4 cm³/mol. The highest BCUT2D eigenvalue weighted by atomic mass is 32.1. The fraction of sp³-hybridized carbons (Fsp3) is 0.0526. The fourth-order valence-corrected chi connectivity index (χ4v) is 2.70. The predicted octanol–water partition coefficient (Wildman–Crippen LogP) is 4.57. The Morgan fingerprint density at radius 2 is 1.92 bits per heavy atom. The van der Waals surface area contributed by atoms with Gasteiger partial charge in [-0.15, -0.1) is 11.3 Å². The number of carbonyl (C=O) groups excluding carboxylic acids is 1. The van der Waals surface area contributed by atoms with Crippen molar-refractivity contribution in [1.82, 2.24) is 4.98 Å². The maximum Gasteiger partial charge on any atom is 0.284 e. The Kier molecular flexibility index (Phi) is 5.03. The lowest BCUT2D eigenvalue weighted by molar-refractivity contribution is 0.102. The summed E-state index contributed by atoms with van der Waals surface area (Å²) in [6, 6.07) is 15.4. The molecule has 1 heterocycles. The molecule has 0 saturated carbocycles. The Labute approximate surface area is 144 Å². The van der Waals surface area contributed by atoms with E-state index in [1.807, 2.05) is 60.7 Å². The molecule has 1 aromatic heterocycles. The van der Waals surface area contributed by atoms with E-state index in [2.05, 4.69) is 10.3 Å². The third kappa shape index (κ3) is 3.88. The number of nitrogens with one attached hydrogen (secondary N) is 1. The number of carbonyl (C=O) groups is 1. The second kappa shape index (κ2) is 7.57. The number of amides is 1. The molecule has 1 N–H and O–H groups in total. The van der Waals surface area contributed by atoms with Crippen LogP contribution in [-0.4, -0.2) is 18.0 Å². The number of hydrogen-bond acceptors (Lipinski definition) is 4. The third-order valence-electron chi connectivity index (χ3n) is 3.41. The number of hydrogen-bond donors (Lipinski definition) is 1. The van der Waals surface area contributed by atoms with Crippen molar-refractivity contribution >= 4 is 35.1 Å². The van der Waals surface area contributed by atoms with Gasteiger partial charge in [0.1, 0.15) is 5.75 Å². The zero-order valence-electron chi connectivity index (χ0n) is 13.1. The highest BCUT2D eigenvalue weighted by Crippen LogP contribution is 2.20. The Morgan fingerprint density at radius 3 is 2.62 bits per heavy atom. The summed E-state index contributed by atoms with van der Waals surface area (Å²) >= 11 is 1.32. The smallest absolute Gasteiger partial charge is 0.284 e. The van der Waals surface area contributed by atoms with Gasteiger partial charge in [-0.1, -0.05) is 42.5 Å². The topological polar surface area (TPSA) is 51.2 Å². The van der Waals surface area contributed by atoms with Crippen LogP contribution in [0.5, 0.6) is 5.75 Å². The van der Waals surface area contributed by atoms with E-state index in [1.54, 1.807) is 18.7 Å². The molecule has 3 aromatic rings. The molecule has 1 amide bonds. The second-order valence-electron chi connectivity index (χ2n) is 4.99. The summed E-state index contributed by atoms with van der Waals surface area (Å²) in [4.78, 5) is 16.2. The zero-order valence-corrected chi connectivity index (χ0v) is 13.9. The standard InChI is InChI=1S/C19H16N2O2S/c1-23-16-10-7-14(8-11-16)6-9-15-4-2-3-5-17(15)21-18(22)19-20-12-13-24-19/h2-13H,1H3,(H,21,22)/b9-6+. The van der Waals surface area contributed by atoms with Crippen molar-refractivity contribution in [2.24, 2.45) is 0 Å². The van der Waals surface area contributed by atoms with E-state index in [0.29, 0.717) is 5.01 Å². The number of nitrogens with zero attached hydrogens (tertiary/aromatic N) is 1. The van der Waals surface area contributed by atoms with Crippen molar-refractivity contribution < 1.29 is 9.53 Å². The first-order valence-corrected chi connectivity index (χ1v) is 8.26. The minimum absolute atomic E-state index is 0.199. The van der Waals surface area contributed by atoms with Crippen LogP contribution in [0.2, 0.25) is 0 Å². The van der Waals surface area contributed by atoms with Crippen LogP contribution in [0.15, 0.2) is 60.1 Å². The van der Waals surface area contributed by atoms with Gasteiger partial charge in [0.2, 0.25) is 0 Å². The molecule has 0 spiro atoms. The van der Waals surface area contributed by atoms with E-state index in [0.717, 1.165) is 22.6 Å². The van der Waals surface area contributed by atoms with Gasteiger partial charge in [0, 0.05) is 17.3 Å². The molecule has 0 fully saturated rings. The molecule has 4 nitrogen and oxygen atoms in total. The maximum absolute atomic E-state index is 12.2.